The fourth-order valence-corrected chi connectivity index (χ4v) is 2.94. The van der Waals surface area contributed by atoms with Crippen molar-refractivity contribution >= 4 is 33.3 Å². The van der Waals surface area contributed by atoms with Gasteiger partial charge in [0, 0.05) is 12.2 Å². The van der Waals surface area contributed by atoms with Crippen LogP contribution in [0, 0.1) is 11.8 Å². The van der Waals surface area contributed by atoms with Crippen LogP contribution in [-0.4, -0.2) is 16.0 Å². The van der Waals surface area contributed by atoms with Crippen molar-refractivity contribution in [2.75, 3.05) is 5.32 Å². The molecule has 1 N–H and O–H groups in total. The van der Waals surface area contributed by atoms with E-state index in [4.69, 9.17) is 11.6 Å². The van der Waals surface area contributed by atoms with Gasteiger partial charge in [-0.15, -0.1) is 0 Å². The number of hydrogen-bond donors (Lipinski definition) is 1. The number of rotatable bonds is 2. The minimum atomic E-state index is 0.297. The number of fused-ring (bicyclic) bond motifs is 1. The fraction of sp³-hybridized carbons (Fsp3) is 0.600. The highest BCUT2D eigenvalue weighted by Gasteiger charge is 2.48. The summed E-state index contributed by atoms with van der Waals surface area (Å²) < 4.78 is 0.885. The Labute approximate surface area is 102 Å². The van der Waals surface area contributed by atoms with E-state index in [9.17, 15) is 0 Å². The summed E-state index contributed by atoms with van der Waals surface area (Å²) in [5.41, 5.74) is 0. The molecular weight excluding hydrogens is 277 g/mol. The molecule has 0 amide bonds. The van der Waals surface area contributed by atoms with Gasteiger partial charge in [-0.2, -0.15) is 4.98 Å². The Balaban J connectivity index is 1.78. The van der Waals surface area contributed by atoms with Crippen molar-refractivity contribution in [3.63, 3.8) is 0 Å². The van der Waals surface area contributed by atoms with Crippen LogP contribution in [0.5, 0.6) is 0 Å². The van der Waals surface area contributed by atoms with Crippen LogP contribution < -0.4 is 5.32 Å². The SMILES string of the molecule is Clc1ncc(Br)c(N[C@@H]2CC[C@@H]3C[C@@H]32)n1. The third kappa shape index (κ3) is 1.85. The van der Waals surface area contributed by atoms with Crippen LogP contribution in [0.25, 0.3) is 0 Å². The summed E-state index contributed by atoms with van der Waals surface area (Å²) in [4.78, 5) is 8.10. The highest BCUT2D eigenvalue weighted by atomic mass is 79.9. The van der Waals surface area contributed by atoms with Gasteiger partial charge in [-0.25, -0.2) is 4.98 Å². The predicted molar refractivity (Wildman–Crippen MR) is 63.0 cm³/mol. The van der Waals surface area contributed by atoms with Gasteiger partial charge >= 0.3 is 0 Å². The Hall–Kier alpha value is -0.350. The lowest BCUT2D eigenvalue weighted by molar-refractivity contribution is 0.651. The van der Waals surface area contributed by atoms with E-state index >= 15 is 0 Å². The van der Waals surface area contributed by atoms with E-state index in [0.717, 1.165) is 22.1 Å². The fourth-order valence-electron chi connectivity index (χ4n) is 2.51. The Bertz CT molecular complexity index is 398. The largest absolute Gasteiger partial charge is 0.366 e. The predicted octanol–water partition coefficient (Wildman–Crippen LogP) is 3.10. The van der Waals surface area contributed by atoms with Gasteiger partial charge in [0.1, 0.15) is 5.82 Å². The van der Waals surface area contributed by atoms with Crippen molar-refractivity contribution in [2.24, 2.45) is 11.8 Å². The van der Waals surface area contributed by atoms with Gasteiger partial charge in [-0.3, -0.25) is 0 Å². The lowest BCUT2D eigenvalue weighted by atomic mass is 10.2. The van der Waals surface area contributed by atoms with Crippen LogP contribution in [0.4, 0.5) is 5.82 Å². The van der Waals surface area contributed by atoms with Crippen LogP contribution >= 0.6 is 27.5 Å². The summed E-state index contributed by atoms with van der Waals surface area (Å²) in [5.74, 6) is 2.66. The third-order valence-electron chi connectivity index (χ3n) is 3.38. The molecular formula is C10H11BrClN3. The molecule has 2 aliphatic rings. The average molecular weight is 289 g/mol. The Morgan fingerprint density at radius 3 is 3.00 bits per heavy atom. The van der Waals surface area contributed by atoms with E-state index in [2.05, 4.69) is 31.2 Å². The molecule has 5 heteroatoms. The molecule has 0 aromatic carbocycles. The van der Waals surface area contributed by atoms with Gasteiger partial charge < -0.3 is 5.32 Å². The minimum Gasteiger partial charge on any atom is -0.366 e. The molecule has 2 saturated carbocycles. The first-order valence-corrected chi connectivity index (χ1v) is 6.35. The van der Waals surface area contributed by atoms with Crippen LogP contribution in [0.15, 0.2) is 10.7 Å². The zero-order valence-electron chi connectivity index (χ0n) is 8.08. The number of aromatic nitrogens is 2. The number of nitrogens with zero attached hydrogens (tertiary/aromatic N) is 2. The van der Waals surface area contributed by atoms with Gasteiger partial charge in [0.15, 0.2) is 0 Å². The second kappa shape index (κ2) is 3.59. The maximum atomic E-state index is 5.77. The second-order valence-corrected chi connectivity index (χ2v) is 5.52. The van der Waals surface area contributed by atoms with Crippen molar-refractivity contribution in [2.45, 2.75) is 25.3 Å². The first-order chi connectivity index (χ1) is 7.24. The first kappa shape index (κ1) is 9.85. The molecule has 2 aliphatic carbocycles. The smallest absolute Gasteiger partial charge is 0.224 e. The molecule has 0 radical (unpaired) electrons. The normalized spacial score (nSPS) is 32.5. The lowest BCUT2D eigenvalue weighted by Crippen LogP contribution is -2.20. The van der Waals surface area contributed by atoms with Crippen molar-refractivity contribution in [1.29, 1.82) is 0 Å². The molecule has 0 spiro atoms. The summed E-state index contributed by atoms with van der Waals surface area (Å²) >= 11 is 9.19. The van der Waals surface area contributed by atoms with Gasteiger partial charge in [-0.05, 0) is 58.6 Å². The van der Waals surface area contributed by atoms with Crippen molar-refractivity contribution in [3.05, 3.63) is 16.0 Å². The van der Waals surface area contributed by atoms with E-state index in [1.807, 2.05) is 0 Å². The zero-order chi connectivity index (χ0) is 10.4. The molecule has 3 rings (SSSR count). The standard InChI is InChI=1S/C10H11BrClN3/c11-7-4-13-10(12)15-9(7)14-8-2-1-5-3-6(5)8/h4-6,8H,1-3H2,(H,13,14,15)/t5-,6+,8-/m1/s1. The Morgan fingerprint density at radius 2 is 2.33 bits per heavy atom. The maximum Gasteiger partial charge on any atom is 0.224 e. The van der Waals surface area contributed by atoms with Gasteiger partial charge in [0.25, 0.3) is 0 Å². The summed E-state index contributed by atoms with van der Waals surface area (Å²) in [5, 5.41) is 3.76. The van der Waals surface area contributed by atoms with Crippen molar-refractivity contribution in [3.8, 4) is 0 Å². The molecule has 0 aliphatic heterocycles. The van der Waals surface area contributed by atoms with Crippen LogP contribution in [-0.2, 0) is 0 Å². The molecule has 1 heterocycles. The number of hydrogen-bond acceptors (Lipinski definition) is 3. The summed E-state index contributed by atoms with van der Waals surface area (Å²) in [6.07, 6.45) is 5.69. The molecule has 0 saturated heterocycles. The van der Waals surface area contributed by atoms with Crippen LogP contribution in [0.3, 0.4) is 0 Å². The van der Waals surface area contributed by atoms with E-state index in [1.165, 1.54) is 19.3 Å². The Morgan fingerprint density at radius 1 is 1.47 bits per heavy atom. The van der Waals surface area contributed by atoms with Crippen molar-refractivity contribution < 1.29 is 0 Å². The molecule has 2 fully saturated rings. The summed E-state index contributed by atoms with van der Waals surface area (Å²) in [6.45, 7) is 0. The van der Waals surface area contributed by atoms with E-state index in [1.54, 1.807) is 6.20 Å². The molecule has 80 valence electrons. The number of halogens is 2. The van der Waals surface area contributed by atoms with Gasteiger partial charge in [0.05, 0.1) is 4.47 Å². The molecule has 1 aromatic heterocycles. The monoisotopic (exact) mass is 287 g/mol. The molecule has 3 atom stereocenters. The second-order valence-electron chi connectivity index (χ2n) is 4.32. The number of nitrogens with one attached hydrogen (secondary N) is 1. The highest BCUT2D eigenvalue weighted by molar-refractivity contribution is 9.10. The summed E-state index contributed by atoms with van der Waals surface area (Å²) in [7, 11) is 0. The first-order valence-electron chi connectivity index (χ1n) is 5.18. The highest BCUT2D eigenvalue weighted by Crippen LogP contribution is 2.52. The minimum absolute atomic E-state index is 0.297. The Kier molecular flexibility index (Phi) is 2.36. The van der Waals surface area contributed by atoms with Gasteiger partial charge in [-0.1, -0.05) is 0 Å². The molecule has 1 aromatic rings. The average Bonchev–Trinajstić information content (AvgIpc) is 2.90. The molecule has 0 unspecified atom stereocenters. The van der Waals surface area contributed by atoms with Crippen LogP contribution in [0.1, 0.15) is 19.3 Å². The van der Waals surface area contributed by atoms with Crippen molar-refractivity contribution in [1.82, 2.24) is 9.97 Å². The van der Waals surface area contributed by atoms with E-state index in [-0.39, 0.29) is 0 Å². The number of anilines is 1. The lowest BCUT2D eigenvalue weighted by Gasteiger charge is -2.15. The summed E-state index contributed by atoms with van der Waals surface area (Å²) in [6, 6.07) is 0.581. The van der Waals surface area contributed by atoms with Gasteiger partial charge in [0.2, 0.25) is 5.28 Å². The topological polar surface area (TPSA) is 37.8 Å². The quantitative estimate of drug-likeness (QED) is 0.850. The maximum absolute atomic E-state index is 5.77. The molecule has 0 bridgehead atoms. The van der Waals surface area contributed by atoms with E-state index in [0.29, 0.717) is 11.3 Å². The molecule has 3 nitrogen and oxygen atoms in total. The third-order valence-corrected chi connectivity index (χ3v) is 4.14. The molecule has 15 heavy (non-hydrogen) atoms. The van der Waals surface area contributed by atoms with E-state index < -0.39 is 0 Å². The zero-order valence-corrected chi connectivity index (χ0v) is 10.4. The van der Waals surface area contributed by atoms with Crippen LogP contribution in [0.2, 0.25) is 5.28 Å².